The second kappa shape index (κ2) is 5.75. The summed E-state index contributed by atoms with van der Waals surface area (Å²) in [6.45, 7) is 4.64. The first kappa shape index (κ1) is 11.2. The van der Waals surface area contributed by atoms with Gasteiger partial charge in [-0.1, -0.05) is 6.08 Å². The number of rotatable bonds is 5. The van der Waals surface area contributed by atoms with Crippen LogP contribution in [-0.4, -0.2) is 23.6 Å². The molecule has 0 amide bonds. The summed E-state index contributed by atoms with van der Waals surface area (Å²) >= 11 is 3.30. The van der Waals surface area contributed by atoms with Crippen LogP contribution in [0.5, 0.6) is 0 Å². The van der Waals surface area contributed by atoms with Crippen molar-refractivity contribution in [2.45, 2.75) is 12.8 Å². The number of halogens is 1. The molecule has 0 saturated carbocycles. The molecule has 1 aromatic heterocycles. The van der Waals surface area contributed by atoms with Crippen molar-refractivity contribution in [3.8, 4) is 0 Å². The van der Waals surface area contributed by atoms with Gasteiger partial charge in [0.25, 0.3) is 0 Å². The highest BCUT2D eigenvalue weighted by molar-refractivity contribution is 9.10. The number of aromatic nitrogens is 2. The molecule has 0 fully saturated rings. The van der Waals surface area contributed by atoms with Crippen LogP contribution in [0.3, 0.4) is 0 Å². The van der Waals surface area contributed by atoms with Crippen LogP contribution in [0.25, 0.3) is 0 Å². The summed E-state index contributed by atoms with van der Waals surface area (Å²) in [6.07, 6.45) is 7.55. The zero-order valence-electron chi connectivity index (χ0n) is 8.28. The maximum atomic E-state index is 4.20. The molecule has 14 heavy (non-hydrogen) atoms. The Kier molecular flexibility index (Phi) is 4.59. The SMILES string of the molecule is C=CCCCN(C)c1ncc(Br)cn1. The van der Waals surface area contributed by atoms with Crippen molar-refractivity contribution in [3.05, 3.63) is 29.5 Å². The lowest BCUT2D eigenvalue weighted by molar-refractivity contribution is 0.778. The highest BCUT2D eigenvalue weighted by Gasteiger charge is 2.02. The molecule has 0 aliphatic heterocycles. The monoisotopic (exact) mass is 255 g/mol. The molecule has 1 aromatic rings. The van der Waals surface area contributed by atoms with Crippen molar-refractivity contribution in [1.82, 2.24) is 9.97 Å². The molecule has 0 saturated heterocycles. The maximum Gasteiger partial charge on any atom is 0.225 e. The molecule has 0 N–H and O–H groups in total. The Morgan fingerprint density at radius 3 is 2.71 bits per heavy atom. The van der Waals surface area contributed by atoms with Gasteiger partial charge in [0.2, 0.25) is 5.95 Å². The van der Waals surface area contributed by atoms with Crippen LogP contribution in [0.1, 0.15) is 12.8 Å². The molecule has 0 atom stereocenters. The van der Waals surface area contributed by atoms with E-state index in [9.17, 15) is 0 Å². The van der Waals surface area contributed by atoms with Gasteiger partial charge in [0, 0.05) is 26.0 Å². The summed E-state index contributed by atoms with van der Waals surface area (Å²) in [5, 5.41) is 0. The molecule has 0 unspecified atom stereocenters. The highest BCUT2D eigenvalue weighted by Crippen LogP contribution is 2.10. The van der Waals surface area contributed by atoms with Crippen molar-refractivity contribution < 1.29 is 0 Å². The first-order chi connectivity index (χ1) is 6.74. The van der Waals surface area contributed by atoms with E-state index in [1.165, 1.54) is 0 Å². The quantitative estimate of drug-likeness (QED) is 0.599. The third kappa shape index (κ3) is 3.46. The topological polar surface area (TPSA) is 29.0 Å². The summed E-state index contributed by atoms with van der Waals surface area (Å²) in [6, 6.07) is 0. The van der Waals surface area contributed by atoms with Gasteiger partial charge in [0.05, 0.1) is 4.47 Å². The Bertz CT molecular complexity index is 284. The predicted molar refractivity (Wildman–Crippen MR) is 62.4 cm³/mol. The van der Waals surface area contributed by atoms with E-state index in [-0.39, 0.29) is 0 Å². The van der Waals surface area contributed by atoms with Gasteiger partial charge in [0.15, 0.2) is 0 Å². The van der Waals surface area contributed by atoms with Gasteiger partial charge in [0.1, 0.15) is 0 Å². The van der Waals surface area contributed by atoms with E-state index in [1.54, 1.807) is 12.4 Å². The summed E-state index contributed by atoms with van der Waals surface area (Å²) in [7, 11) is 1.99. The fraction of sp³-hybridized carbons (Fsp3) is 0.400. The van der Waals surface area contributed by atoms with Crippen molar-refractivity contribution in [2.75, 3.05) is 18.5 Å². The second-order valence-corrected chi connectivity index (χ2v) is 3.97. The Labute approximate surface area is 93.0 Å². The van der Waals surface area contributed by atoms with Crippen molar-refractivity contribution in [3.63, 3.8) is 0 Å². The molecule has 0 aliphatic carbocycles. The Morgan fingerprint density at radius 2 is 2.14 bits per heavy atom. The summed E-state index contributed by atoms with van der Waals surface area (Å²) in [5.74, 6) is 0.761. The van der Waals surface area contributed by atoms with Crippen molar-refractivity contribution >= 4 is 21.9 Å². The van der Waals surface area contributed by atoms with Crippen LogP contribution in [0, 0.1) is 0 Å². The predicted octanol–water partition coefficient (Wildman–Crippen LogP) is 2.64. The summed E-state index contributed by atoms with van der Waals surface area (Å²) in [5.41, 5.74) is 0. The molecule has 4 heteroatoms. The Balaban J connectivity index is 2.47. The normalized spacial score (nSPS) is 9.86. The van der Waals surface area contributed by atoms with Crippen LogP contribution >= 0.6 is 15.9 Å². The number of hydrogen-bond donors (Lipinski definition) is 0. The average Bonchev–Trinajstić information content (AvgIpc) is 2.19. The standard InChI is InChI=1S/C10H14BrN3/c1-3-4-5-6-14(2)10-12-7-9(11)8-13-10/h3,7-8H,1,4-6H2,2H3. The summed E-state index contributed by atoms with van der Waals surface area (Å²) in [4.78, 5) is 10.4. The first-order valence-electron chi connectivity index (χ1n) is 4.53. The largest absolute Gasteiger partial charge is 0.344 e. The zero-order chi connectivity index (χ0) is 10.4. The van der Waals surface area contributed by atoms with Gasteiger partial charge in [-0.25, -0.2) is 9.97 Å². The molecule has 76 valence electrons. The second-order valence-electron chi connectivity index (χ2n) is 3.05. The minimum Gasteiger partial charge on any atom is -0.344 e. The van der Waals surface area contributed by atoms with Crippen LogP contribution in [0.15, 0.2) is 29.5 Å². The van der Waals surface area contributed by atoms with E-state index in [2.05, 4.69) is 32.5 Å². The first-order valence-corrected chi connectivity index (χ1v) is 5.33. The van der Waals surface area contributed by atoms with E-state index < -0.39 is 0 Å². The number of allylic oxidation sites excluding steroid dienone is 1. The fourth-order valence-electron chi connectivity index (χ4n) is 1.08. The van der Waals surface area contributed by atoms with Gasteiger partial charge in [-0.15, -0.1) is 6.58 Å². The van der Waals surface area contributed by atoms with E-state index in [0.29, 0.717) is 0 Å². The number of hydrogen-bond acceptors (Lipinski definition) is 3. The minimum absolute atomic E-state index is 0.761. The van der Waals surface area contributed by atoms with E-state index in [1.807, 2.05) is 18.0 Å². The minimum atomic E-state index is 0.761. The zero-order valence-corrected chi connectivity index (χ0v) is 9.87. The van der Waals surface area contributed by atoms with Crippen LogP contribution < -0.4 is 4.90 Å². The highest BCUT2D eigenvalue weighted by atomic mass is 79.9. The lowest BCUT2D eigenvalue weighted by Crippen LogP contribution is -2.20. The van der Waals surface area contributed by atoms with Crippen LogP contribution in [0.4, 0.5) is 5.95 Å². The smallest absolute Gasteiger partial charge is 0.225 e. The third-order valence-corrected chi connectivity index (χ3v) is 2.26. The molecule has 0 spiro atoms. The molecule has 0 bridgehead atoms. The Hall–Kier alpha value is -0.900. The number of nitrogens with zero attached hydrogens (tertiary/aromatic N) is 3. The van der Waals surface area contributed by atoms with Crippen molar-refractivity contribution in [2.24, 2.45) is 0 Å². The van der Waals surface area contributed by atoms with Gasteiger partial charge in [-0.3, -0.25) is 0 Å². The van der Waals surface area contributed by atoms with E-state index >= 15 is 0 Å². The number of anilines is 1. The van der Waals surface area contributed by atoms with E-state index in [4.69, 9.17) is 0 Å². The molecule has 1 heterocycles. The average molecular weight is 256 g/mol. The van der Waals surface area contributed by atoms with Crippen LogP contribution in [0.2, 0.25) is 0 Å². The van der Waals surface area contributed by atoms with Crippen LogP contribution in [-0.2, 0) is 0 Å². The lowest BCUT2D eigenvalue weighted by Gasteiger charge is -2.15. The lowest BCUT2D eigenvalue weighted by atomic mass is 10.3. The Morgan fingerprint density at radius 1 is 1.50 bits per heavy atom. The van der Waals surface area contributed by atoms with Gasteiger partial charge in [-0.05, 0) is 28.8 Å². The summed E-state index contributed by atoms with van der Waals surface area (Å²) < 4.78 is 0.903. The van der Waals surface area contributed by atoms with Gasteiger partial charge < -0.3 is 4.90 Å². The van der Waals surface area contributed by atoms with E-state index in [0.717, 1.165) is 29.8 Å². The molecular weight excluding hydrogens is 242 g/mol. The maximum absolute atomic E-state index is 4.20. The van der Waals surface area contributed by atoms with Crippen molar-refractivity contribution in [1.29, 1.82) is 0 Å². The molecule has 1 rings (SSSR count). The molecule has 0 aromatic carbocycles. The molecular formula is C10H14BrN3. The molecule has 0 radical (unpaired) electrons. The fourth-order valence-corrected chi connectivity index (χ4v) is 1.28. The van der Waals surface area contributed by atoms with Gasteiger partial charge in [-0.2, -0.15) is 0 Å². The van der Waals surface area contributed by atoms with Gasteiger partial charge >= 0.3 is 0 Å². The number of unbranched alkanes of at least 4 members (excludes halogenated alkanes) is 1. The molecule has 3 nitrogen and oxygen atoms in total. The third-order valence-electron chi connectivity index (χ3n) is 1.85. The molecule has 0 aliphatic rings.